The van der Waals surface area contributed by atoms with Crippen LogP contribution in [0, 0.1) is 13.8 Å². The van der Waals surface area contributed by atoms with E-state index in [1.165, 1.54) is 0 Å². The summed E-state index contributed by atoms with van der Waals surface area (Å²) in [6.07, 6.45) is 0.871. The predicted molar refractivity (Wildman–Crippen MR) is 81.0 cm³/mol. The van der Waals surface area contributed by atoms with Gasteiger partial charge in [0.25, 0.3) is 5.91 Å². The van der Waals surface area contributed by atoms with E-state index >= 15 is 0 Å². The lowest BCUT2D eigenvalue weighted by Gasteiger charge is -2.22. The molecule has 0 fully saturated rings. The van der Waals surface area contributed by atoms with Gasteiger partial charge in [-0.1, -0.05) is 13.0 Å². The molecule has 0 saturated carbocycles. The Morgan fingerprint density at radius 3 is 2.60 bits per heavy atom. The third kappa shape index (κ3) is 2.85. The number of furan rings is 1. The van der Waals surface area contributed by atoms with Gasteiger partial charge in [0.05, 0.1) is 5.56 Å². The van der Waals surface area contributed by atoms with E-state index in [2.05, 4.69) is 0 Å². The standard InChI is InChI=1S/C16H20N2O2/c1-4-8-18(14-7-5-6-13(17)10-14)16(19)15-9-11(2)20-12(15)3/h5-7,9-10H,4,8,17H2,1-3H3. The molecule has 0 aliphatic carbocycles. The first-order valence-electron chi connectivity index (χ1n) is 6.77. The topological polar surface area (TPSA) is 59.5 Å². The number of nitrogens with two attached hydrogens (primary N) is 1. The first kappa shape index (κ1) is 14.2. The Balaban J connectivity index is 2.38. The maximum atomic E-state index is 12.7. The molecule has 2 rings (SSSR count). The largest absolute Gasteiger partial charge is 0.466 e. The summed E-state index contributed by atoms with van der Waals surface area (Å²) < 4.78 is 5.45. The van der Waals surface area contributed by atoms with Crippen molar-refractivity contribution in [2.75, 3.05) is 17.2 Å². The molecule has 106 valence electrons. The van der Waals surface area contributed by atoms with Gasteiger partial charge in [0, 0.05) is 17.9 Å². The van der Waals surface area contributed by atoms with Gasteiger partial charge in [-0.25, -0.2) is 0 Å². The van der Waals surface area contributed by atoms with E-state index in [1.54, 1.807) is 11.0 Å². The average Bonchev–Trinajstić information content (AvgIpc) is 2.74. The molecule has 0 bridgehead atoms. The van der Waals surface area contributed by atoms with Crippen LogP contribution in [0.1, 0.15) is 35.2 Å². The molecule has 0 aliphatic heterocycles. The van der Waals surface area contributed by atoms with Crippen molar-refractivity contribution in [2.24, 2.45) is 0 Å². The zero-order valence-electron chi connectivity index (χ0n) is 12.1. The number of amides is 1. The first-order valence-corrected chi connectivity index (χ1v) is 6.77. The van der Waals surface area contributed by atoms with Gasteiger partial charge in [0.2, 0.25) is 0 Å². The van der Waals surface area contributed by atoms with Gasteiger partial charge >= 0.3 is 0 Å². The van der Waals surface area contributed by atoms with E-state index in [0.29, 0.717) is 23.6 Å². The Morgan fingerprint density at radius 2 is 2.05 bits per heavy atom. The molecule has 1 aromatic carbocycles. The van der Waals surface area contributed by atoms with Crippen molar-refractivity contribution in [3.63, 3.8) is 0 Å². The second-order valence-corrected chi connectivity index (χ2v) is 4.88. The minimum absolute atomic E-state index is 0.0493. The summed E-state index contributed by atoms with van der Waals surface area (Å²) >= 11 is 0. The Labute approximate surface area is 119 Å². The molecule has 0 unspecified atom stereocenters. The van der Waals surface area contributed by atoms with Gasteiger partial charge in [0.15, 0.2) is 0 Å². The molecule has 20 heavy (non-hydrogen) atoms. The number of anilines is 2. The highest BCUT2D eigenvalue weighted by Crippen LogP contribution is 2.23. The predicted octanol–water partition coefficient (Wildman–Crippen LogP) is 3.54. The zero-order chi connectivity index (χ0) is 14.7. The maximum absolute atomic E-state index is 12.7. The molecule has 1 amide bonds. The Bertz CT molecular complexity index is 617. The van der Waals surface area contributed by atoms with E-state index in [4.69, 9.17) is 10.2 Å². The third-order valence-electron chi connectivity index (χ3n) is 3.15. The van der Waals surface area contributed by atoms with Gasteiger partial charge in [-0.05, 0) is 44.5 Å². The van der Waals surface area contributed by atoms with E-state index < -0.39 is 0 Å². The highest BCUT2D eigenvalue weighted by Gasteiger charge is 2.21. The number of carbonyl (C=O) groups excluding carboxylic acids is 1. The molecule has 2 N–H and O–H groups in total. The first-order chi connectivity index (χ1) is 9.52. The number of aryl methyl sites for hydroxylation is 2. The van der Waals surface area contributed by atoms with E-state index in [9.17, 15) is 4.79 Å². The van der Waals surface area contributed by atoms with Crippen LogP contribution in [-0.4, -0.2) is 12.5 Å². The molecule has 4 heteroatoms. The second-order valence-electron chi connectivity index (χ2n) is 4.88. The number of nitrogens with zero attached hydrogens (tertiary/aromatic N) is 1. The van der Waals surface area contributed by atoms with Gasteiger partial charge in [-0.2, -0.15) is 0 Å². The summed E-state index contributed by atoms with van der Waals surface area (Å²) in [6.45, 7) is 6.34. The molecule has 0 spiro atoms. The lowest BCUT2D eigenvalue weighted by molar-refractivity contribution is 0.0985. The normalized spacial score (nSPS) is 10.6. The van der Waals surface area contributed by atoms with Gasteiger partial charge in [-0.15, -0.1) is 0 Å². The Kier molecular flexibility index (Phi) is 4.13. The van der Waals surface area contributed by atoms with Crippen molar-refractivity contribution in [1.82, 2.24) is 0 Å². The second kappa shape index (κ2) is 5.82. The monoisotopic (exact) mass is 272 g/mol. The summed E-state index contributed by atoms with van der Waals surface area (Å²) in [4.78, 5) is 14.4. The number of hydrogen-bond acceptors (Lipinski definition) is 3. The summed E-state index contributed by atoms with van der Waals surface area (Å²) in [5.74, 6) is 1.35. The number of rotatable bonds is 4. The van der Waals surface area contributed by atoms with Crippen LogP contribution in [0.2, 0.25) is 0 Å². The number of nitrogen functional groups attached to an aromatic ring is 1. The fourth-order valence-electron chi connectivity index (χ4n) is 2.25. The van der Waals surface area contributed by atoms with Gasteiger partial charge in [-0.3, -0.25) is 4.79 Å². The highest BCUT2D eigenvalue weighted by molar-refractivity contribution is 6.07. The van der Waals surface area contributed by atoms with Crippen LogP contribution in [0.25, 0.3) is 0 Å². The minimum atomic E-state index is -0.0493. The molecule has 0 atom stereocenters. The summed E-state index contributed by atoms with van der Waals surface area (Å²) in [5, 5.41) is 0. The molecule has 0 aliphatic rings. The van der Waals surface area contributed by atoms with Crippen molar-refractivity contribution < 1.29 is 9.21 Å². The lowest BCUT2D eigenvalue weighted by atomic mass is 10.1. The van der Waals surface area contributed by atoms with Gasteiger partial charge < -0.3 is 15.1 Å². The molecular formula is C16H20N2O2. The molecular weight excluding hydrogens is 252 g/mol. The fraction of sp³-hybridized carbons (Fsp3) is 0.312. The molecule has 0 saturated heterocycles. The minimum Gasteiger partial charge on any atom is -0.466 e. The van der Waals surface area contributed by atoms with Crippen LogP contribution in [0.5, 0.6) is 0 Å². The van der Waals surface area contributed by atoms with E-state index in [-0.39, 0.29) is 5.91 Å². The van der Waals surface area contributed by atoms with Crippen LogP contribution in [-0.2, 0) is 0 Å². The number of carbonyl (C=O) groups is 1. The third-order valence-corrected chi connectivity index (χ3v) is 3.15. The highest BCUT2D eigenvalue weighted by atomic mass is 16.3. The summed E-state index contributed by atoms with van der Waals surface area (Å²) in [7, 11) is 0. The van der Waals surface area contributed by atoms with Crippen molar-refractivity contribution >= 4 is 17.3 Å². The van der Waals surface area contributed by atoms with E-state index in [0.717, 1.165) is 17.9 Å². The van der Waals surface area contributed by atoms with Crippen molar-refractivity contribution in [3.05, 3.63) is 47.4 Å². The molecule has 1 heterocycles. The molecule has 0 radical (unpaired) electrons. The van der Waals surface area contributed by atoms with Crippen LogP contribution in [0.15, 0.2) is 34.7 Å². The van der Waals surface area contributed by atoms with Crippen LogP contribution >= 0.6 is 0 Å². The van der Waals surface area contributed by atoms with Crippen molar-refractivity contribution in [1.29, 1.82) is 0 Å². The number of hydrogen-bond donors (Lipinski definition) is 1. The zero-order valence-corrected chi connectivity index (χ0v) is 12.1. The molecule has 2 aromatic rings. The van der Waals surface area contributed by atoms with E-state index in [1.807, 2.05) is 45.0 Å². The number of benzene rings is 1. The van der Waals surface area contributed by atoms with Crippen molar-refractivity contribution in [2.45, 2.75) is 27.2 Å². The smallest absolute Gasteiger partial charge is 0.261 e. The van der Waals surface area contributed by atoms with Crippen molar-refractivity contribution in [3.8, 4) is 0 Å². The van der Waals surface area contributed by atoms with Crippen LogP contribution in [0.4, 0.5) is 11.4 Å². The summed E-state index contributed by atoms with van der Waals surface area (Å²) in [5.41, 5.74) is 7.88. The summed E-state index contributed by atoms with van der Waals surface area (Å²) in [6, 6.07) is 9.16. The molecule has 1 aromatic heterocycles. The Morgan fingerprint density at radius 1 is 1.30 bits per heavy atom. The lowest BCUT2D eigenvalue weighted by Crippen LogP contribution is -2.31. The van der Waals surface area contributed by atoms with Gasteiger partial charge in [0.1, 0.15) is 11.5 Å². The molecule has 4 nitrogen and oxygen atoms in total. The van der Waals surface area contributed by atoms with Crippen LogP contribution < -0.4 is 10.6 Å². The average molecular weight is 272 g/mol. The quantitative estimate of drug-likeness (QED) is 0.866. The maximum Gasteiger partial charge on any atom is 0.261 e. The van der Waals surface area contributed by atoms with Crippen LogP contribution in [0.3, 0.4) is 0 Å². The SMILES string of the molecule is CCCN(C(=O)c1cc(C)oc1C)c1cccc(N)c1. The Hall–Kier alpha value is -2.23. The fourth-order valence-corrected chi connectivity index (χ4v) is 2.25.